The first kappa shape index (κ1) is 17.5. The minimum absolute atomic E-state index is 0.213. The molecule has 1 aromatic rings. The van der Waals surface area contributed by atoms with E-state index in [2.05, 4.69) is 39.5 Å². The van der Waals surface area contributed by atoms with Crippen molar-refractivity contribution in [1.29, 1.82) is 0 Å². The lowest BCUT2D eigenvalue weighted by Crippen LogP contribution is -2.46. The number of ether oxygens (including phenoxy) is 1. The Morgan fingerprint density at radius 2 is 1.95 bits per heavy atom. The predicted octanol–water partition coefficient (Wildman–Crippen LogP) is 4.46. The molecule has 4 heteroatoms. The number of carbonyl (C=O) groups is 1. The Bertz CT molecular complexity index is 522. The largest absolute Gasteiger partial charge is 0.465 e. The highest BCUT2D eigenvalue weighted by Crippen LogP contribution is 2.39. The van der Waals surface area contributed by atoms with Crippen molar-refractivity contribution in [2.45, 2.75) is 58.9 Å². The molecular formula is C18H29NO2S. The number of methoxy groups -OCH3 is 1. The number of hydrogen-bond acceptors (Lipinski definition) is 4. The van der Waals surface area contributed by atoms with Crippen LogP contribution >= 0.6 is 11.3 Å². The highest BCUT2D eigenvalue weighted by atomic mass is 32.1. The fourth-order valence-corrected chi connectivity index (χ4v) is 4.69. The van der Waals surface area contributed by atoms with E-state index in [-0.39, 0.29) is 11.5 Å². The van der Waals surface area contributed by atoms with Crippen molar-refractivity contribution in [2.75, 3.05) is 20.2 Å². The van der Waals surface area contributed by atoms with Crippen molar-refractivity contribution in [3.8, 4) is 0 Å². The van der Waals surface area contributed by atoms with E-state index in [4.69, 9.17) is 4.74 Å². The van der Waals surface area contributed by atoms with E-state index in [0.717, 1.165) is 11.1 Å². The van der Waals surface area contributed by atoms with Crippen molar-refractivity contribution < 1.29 is 9.53 Å². The zero-order valence-corrected chi connectivity index (χ0v) is 15.5. The van der Waals surface area contributed by atoms with E-state index < -0.39 is 0 Å². The molecule has 1 aliphatic rings. The van der Waals surface area contributed by atoms with Gasteiger partial charge in [0.05, 0.1) is 12.7 Å². The second kappa shape index (κ2) is 6.71. The molecule has 0 aromatic carbocycles. The summed E-state index contributed by atoms with van der Waals surface area (Å²) in [5.74, 6) is 1.02. The van der Waals surface area contributed by atoms with Crippen molar-refractivity contribution in [3.63, 3.8) is 0 Å². The number of nitrogens with zero attached hydrogens (tertiary/aromatic N) is 1. The molecule has 1 saturated heterocycles. The monoisotopic (exact) mass is 323 g/mol. The second-order valence-corrected chi connectivity index (χ2v) is 8.33. The third-order valence-corrected chi connectivity index (χ3v) is 6.38. The number of esters is 1. The molecule has 1 unspecified atom stereocenters. The summed E-state index contributed by atoms with van der Waals surface area (Å²) in [5, 5.41) is 1.96. The SMILES string of the molecule is COC(=O)c1csc(C(C)C2CCN(C(C)(C)C)CC2)c1C. The maximum absolute atomic E-state index is 11.8. The van der Waals surface area contributed by atoms with Crippen LogP contribution in [0.2, 0.25) is 0 Å². The summed E-state index contributed by atoms with van der Waals surface area (Å²) in [6.45, 7) is 13.6. The fraction of sp³-hybridized carbons (Fsp3) is 0.722. The van der Waals surface area contributed by atoms with Crippen LogP contribution in [0.1, 0.15) is 67.3 Å². The Morgan fingerprint density at radius 1 is 1.36 bits per heavy atom. The summed E-state index contributed by atoms with van der Waals surface area (Å²) < 4.78 is 4.87. The lowest BCUT2D eigenvalue weighted by atomic mass is 9.82. The Morgan fingerprint density at radius 3 is 2.45 bits per heavy atom. The number of thiophene rings is 1. The van der Waals surface area contributed by atoms with Gasteiger partial charge in [0.15, 0.2) is 0 Å². The third-order valence-electron chi connectivity index (χ3n) is 5.09. The fourth-order valence-electron chi connectivity index (χ4n) is 3.48. The van der Waals surface area contributed by atoms with Gasteiger partial charge in [-0.05, 0) is 71.0 Å². The molecular weight excluding hydrogens is 294 g/mol. The summed E-state index contributed by atoms with van der Waals surface area (Å²) in [4.78, 5) is 15.7. The molecule has 22 heavy (non-hydrogen) atoms. The summed E-state index contributed by atoms with van der Waals surface area (Å²) in [6.07, 6.45) is 2.48. The molecule has 0 spiro atoms. The van der Waals surface area contributed by atoms with Gasteiger partial charge >= 0.3 is 5.97 Å². The first-order valence-corrected chi connectivity index (χ1v) is 9.05. The molecule has 0 saturated carbocycles. The molecule has 1 aliphatic heterocycles. The lowest BCUT2D eigenvalue weighted by molar-refractivity contribution is 0.0600. The number of hydrogen-bond donors (Lipinski definition) is 0. The smallest absolute Gasteiger partial charge is 0.338 e. The third kappa shape index (κ3) is 3.54. The summed E-state index contributed by atoms with van der Waals surface area (Å²) in [6, 6.07) is 0. The highest BCUT2D eigenvalue weighted by molar-refractivity contribution is 7.10. The number of piperidine rings is 1. The first-order valence-electron chi connectivity index (χ1n) is 8.17. The van der Waals surface area contributed by atoms with Gasteiger partial charge in [-0.3, -0.25) is 4.90 Å². The van der Waals surface area contributed by atoms with Gasteiger partial charge in [-0.15, -0.1) is 11.3 Å². The van der Waals surface area contributed by atoms with E-state index in [1.807, 2.05) is 5.38 Å². The van der Waals surface area contributed by atoms with Gasteiger partial charge < -0.3 is 4.74 Å². The maximum atomic E-state index is 11.8. The number of carbonyl (C=O) groups excluding carboxylic acids is 1. The van der Waals surface area contributed by atoms with E-state index >= 15 is 0 Å². The first-order chi connectivity index (χ1) is 10.3. The van der Waals surface area contributed by atoms with Crippen molar-refractivity contribution in [2.24, 2.45) is 5.92 Å². The molecule has 124 valence electrons. The van der Waals surface area contributed by atoms with Crippen molar-refractivity contribution in [1.82, 2.24) is 4.90 Å². The summed E-state index contributed by atoms with van der Waals surface area (Å²) in [7, 11) is 1.45. The van der Waals surface area contributed by atoms with Crippen LogP contribution in [-0.4, -0.2) is 36.6 Å². The zero-order chi connectivity index (χ0) is 16.5. The van der Waals surface area contributed by atoms with Gasteiger partial charge in [0.1, 0.15) is 0 Å². The molecule has 1 atom stereocenters. The molecule has 3 nitrogen and oxygen atoms in total. The Hall–Kier alpha value is -0.870. The van der Waals surface area contributed by atoms with Crippen LogP contribution in [0.5, 0.6) is 0 Å². The maximum Gasteiger partial charge on any atom is 0.338 e. The average Bonchev–Trinajstić information content (AvgIpc) is 2.86. The molecule has 0 amide bonds. The molecule has 0 aliphatic carbocycles. The summed E-state index contributed by atoms with van der Waals surface area (Å²) in [5.41, 5.74) is 2.12. The zero-order valence-electron chi connectivity index (χ0n) is 14.7. The second-order valence-electron chi connectivity index (χ2n) is 7.41. The van der Waals surface area contributed by atoms with Crippen LogP contribution < -0.4 is 0 Å². The summed E-state index contributed by atoms with van der Waals surface area (Å²) >= 11 is 1.71. The van der Waals surface area contributed by atoms with Crippen LogP contribution in [0.15, 0.2) is 5.38 Å². The number of rotatable bonds is 3. The van der Waals surface area contributed by atoms with Crippen molar-refractivity contribution >= 4 is 17.3 Å². The molecule has 0 N–H and O–H groups in total. The van der Waals surface area contributed by atoms with Gasteiger partial charge in [-0.2, -0.15) is 0 Å². The average molecular weight is 324 g/mol. The minimum atomic E-state index is -0.213. The van der Waals surface area contributed by atoms with Crippen LogP contribution in [-0.2, 0) is 4.74 Å². The molecule has 0 radical (unpaired) electrons. The van der Waals surface area contributed by atoms with Crippen LogP contribution in [0.3, 0.4) is 0 Å². The van der Waals surface area contributed by atoms with E-state index in [9.17, 15) is 4.79 Å². The van der Waals surface area contributed by atoms with Crippen LogP contribution in [0.4, 0.5) is 0 Å². The van der Waals surface area contributed by atoms with E-state index in [1.165, 1.54) is 37.9 Å². The van der Waals surface area contributed by atoms with Gasteiger partial charge in [-0.25, -0.2) is 4.79 Å². The van der Waals surface area contributed by atoms with Crippen LogP contribution in [0, 0.1) is 12.8 Å². The highest BCUT2D eigenvalue weighted by Gasteiger charge is 2.31. The normalized spacial score (nSPS) is 19.2. The molecule has 0 bridgehead atoms. The molecule has 1 fully saturated rings. The van der Waals surface area contributed by atoms with Gasteiger partial charge in [0, 0.05) is 15.8 Å². The van der Waals surface area contributed by atoms with Gasteiger partial charge in [-0.1, -0.05) is 6.92 Å². The van der Waals surface area contributed by atoms with Gasteiger partial charge in [0.25, 0.3) is 0 Å². The predicted molar refractivity (Wildman–Crippen MR) is 92.9 cm³/mol. The van der Waals surface area contributed by atoms with Crippen LogP contribution in [0.25, 0.3) is 0 Å². The standard InChI is InChI=1S/C18H29NO2S/c1-12(14-7-9-19(10-8-14)18(3,4)5)16-13(2)15(11-22-16)17(20)21-6/h11-12,14H,7-10H2,1-6H3. The number of likely N-dealkylation sites (tertiary alicyclic amines) is 1. The van der Waals surface area contributed by atoms with E-state index in [1.54, 1.807) is 11.3 Å². The molecule has 2 heterocycles. The topological polar surface area (TPSA) is 29.5 Å². The van der Waals surface area contributed by atoms with Crippen molar-refractivity contribution in [3.05, 3.63) is 21.4 Å². The molecule has 2 rings (SSSR count). The lowest BCUT2D eigenvalue weighted by Gasteiger charge is -2.42. The Labute approximate surface area is 138 Å². The quantitative estimate of drug-likeness (QED) is 0.769. The van der Waals surface area contributed by atoms with Gasteiger partial charge in [0.2, 0.25) is 0 Å². The Balaban J connectivity index is 2.06. The van der Waals surface area contributed by atoms with E-state index in [0.29, 0.717) is 11.8 Å². The molecule has 1 aromatic heterocycles. The minimum Gasteiger partial charge on any atom is -0.465 e. The Kier molecular flexibility index (Phi) is 5.33.